The summed E-state index contributed by atoms with van der Waals surface area (Å²) in [4.78, 5) is 5.00. The maximum atomic E-state index is 5.70. The normalized spacial score (nSPS) is 11.5. The second-order valence-corrected chi connectivity index (χ2v) is 9.92. The van der Waals surface area contributed by atoms with Gasteiger partial charge < -0.3 is 4.74 Å². The van der Waals surface area contributed by atoms with Crippen molar-refractivity contribution in [3.05, 3.63) is 126 Å². The number of benzene rings is 4. The van der Waals surface area contributed by atoms with E-state index in [2.05, 4.69) is 103 Å². The van der Waals surface area contributed by atoms with E-state index in [1.807, 2.05) is 24.8 Å². The van der Waals surface area contributed by atoms with Crippen LogP contribution >= 0.6 is 23.1 Å². The Kier molecular flexibility index (Phi) is 5.97. The fourth-order valence-electron chi connectivity index (χ4n) is 4.01. The minimum Gasteiger partial charge on any atom is -0.494 e. The highest BCUT2D eigenvalue weighted by molar-refractivity contribution is 8.02. The molecule has 158 valence electrons. The van der Waals surface area contributed by atoms with Crippen molar-refractivity contribution < 1.29 is 4.74 Å². The summed E-state index contributed by atoms with van der Waals surface area (Å²) in [7, 11) is 0. The third-order valence-electron chi connectivity index (χ3n) is 5.43. The lowest BCUT2D eigenvalue weighted by molar-refractivity contribution is 0.341. The third-order valence-corrected chi connectivity index (χ3v) is 8.02. The molecule has 0 aliphatic heterocycles. The molecule has 0 unspecified atom stereocenters. The van der Waals surface area contributed by atoms with Crippen LogP contribution in [-0.4, -0.2) is 11.6 Å². The number of fused-ring (bicyclic) bond motifs is 1. The molecule has 0 radical (unpaired) electrons. The molecular formula is C28H23NOS2. The SMILES string of the molecule is CCOc1ccc2nc(SC(c3ccccc3)(c3ccccc3)c3ccccc3)sc2c1. The van der Waals surface area contributed by atoms with E-state index in [9.17, 15) is 0 Å². The first-order chi connectivity index (χ1) is 15.8. The second-order valence-electron chi connectivity index (χ2n) is 7.42. The predicted octanol–water partition coefficient (Wildman–Crippen LogP) is 7.78. The van der Waals surface area contributed by atoms with Crippen LogP contribution in [0.2, 0.25) is 0 Å². The molecule has 0 bridgehead atoms. The number of thioether (sulfide) groups is 1. The number of ether oxygens (including phenoxy) is 1. The number of rotatable bonds is 7. The Bertz CT molecular complexity index is 1200. The molecule has 4 aromatic carbocycles. The van der Waals surface area contributed by atoms with E-state index in [1.165, 1.54) is 16.7 Å². The van der Waals surface area contributed by atoms with Crippen LogP contribution < -0.4 is 4.74 Å². The zero-order valence-corrected chi connectivity index (χ0v) is 19.4. The standard InChI is InChI=1S/C28H23NOS2/c1-2-30-24-18-19-25-26(20-24)31-27(29-25)32-28(21-12-6-3-7-13-21,22-14-8-4-9-15-22)23-16-10-5-11-17-23/h3-20H,2H2,1H3. The highest BCUT2D eigenvalue weighted by Gasteiger charge is 2.38. The Morgan fingerprint density at radius 3 is 1.78 bits per heavy atom. The smallest absolute Gasteiger partial charge is 0.152 e. The third kappa shape index (κ3) is 3.92. The molecule has 0 atom stereocenters. The predicted molar refractivity (Wildman–Crippen MR) is 136 cm³/mol. The van der Waals surface area contributed by atoms with Crippen molar-refractivity contribution in [2.24, 2.45) is 0 Å². The molecule has 0 spiro atoms. The van der Waals surface area contributed by atoms with E-state index < -0.39 is 4.75 Å². The average molecular weight is 454 g/mol. The van der Waals surface area contributed by atoms with Gasteiger partial charge in [-0.15, -0.1) is 11.3 Å². The van der Waals surface area contributed by atoms with Gasteiger partial charge in [0.2, 0.25) is 0 Å². The molecule has 0 aliphatic carbocycles. The molecule has 5 rings (SSSR count). The van der Waals surface area contributed by atoms with Gasteiger partial charge in [-0.05, 0) is 41.8 Å². The average Bonchev–Trinajstić information content (AvgIpc) is 3.26. The molecule has 1 heterocycles. The van der Waals surface area contributed by atoms with Gasteiger partial charge >= 0.3 is 0 Å². The van der Waals surface area contributed by atoms with Crippen molar-refractivity contribution in [1.29, 1.82) is 0 Å². The van der Waals surface area contributed by atoms with Crippen LogP contribution in [0, 0.1) is 0 Å². The number of aromatic nitrogens is 1. The topological polar surface area (TPSA) is 22.1 Å². The molecule has 4 heteroatoms. The first-order valence-electron chi connectivity index (χ1n) is 10.7. The lowest BCUT2D eigenvalue weighted by Gasteiger charge is -2.34. The van der Waals surface area contributed by atoms with Gasteiger partial charge in [0, 0.05) is 0 Å². The first-order valence-corrected chi connectivity index (χ1v) is 12.3. The zero-order valence-electron chi connectivity index (χ0n) is 17.8. The van der Waals surface area contributed by atoms with Crippen LogP contribution in [0.1, 0.15) is 23.6 Å². The molecule has 0 fully saturated rings. The van der Waals surface area contributed by atoms with Crippen LogP contribution in [-0.2, 0) is 4.75 Å². The van der Waals surface area contributed by atoms with Gasteiger partial charge in [0.1, 0.15) is 5.75 Å². The van der Waals surface area contributed by atoms with Gasteiger partial charge in [0.15, 0.2) is 4.34 Å². The Morgan fingerprint density at radius 2 is 1.28 bits per heavy atom. The van der Waals surface area contributed by atoms with Crippen LogP contribution in [0.15, 0.2) is 114 Å². The Labute approximate surface area is 196 Å². The number of thiazole rings is 1. The summed E-state index contributed by atoms with van der Waals surface area (Å²) in [6.45, 7) is 2.66. The molecule has 0 saturated carbocycles. The van der Waals surface area contributed by atoms with Gasteiger partial charge in [-0.1, -0.05) is 103 Å². The van der Waals surface area contributed by atoms with Crippen molar-refractivity contribution in [3.8, 4) is 5.75 Å². The van der Waals surface area contributed by atoms with E-state index in [-0.39, 0.29) is 0 Å². The second kappa shape index (κ2) is 9.19. The van der Waals surface area contributed by atoms with Crippen LogP contribution in [0.3, 0.4) is 0 Å². The summed E-state index contributed by atoms with van der Waals surface area (Å²) < 4.78 is 7.46. The lowest BCUT2D eigenvalue weighted by Crippen LogP contribution is -2.25. The van der Waals surface area contributed by atoms with E-state index >= 15 is 0 Å². The van der Waals surface area contributed by atoms with Crippen LogP contribution in [0.5, 0.6) is 5.75 Å². The van der Waals surface area contributed by atoms with Gasteiger partial charge in [-0.2, -0.15) is 0 Å². The molecular weight excluding hydrogens is 430 g/mol. The largest absolute Gasteiger partial charge is 0.494 e. The van der Waals surface area contributed by atoms with E-state index in [4.69, 9.17) is 9.72 Å². The zero-order chi connectivity index (χ0) is 21.8. The maximum Gasteiger partial charge on any atom is 0.152 e. The molecule has 1 aromatic heterocycles. The molecule has 32 heavy (non-hydrogen) atoms. The number of hydrogen-bond acceptors (Lipinski definition) is 4. The monoisotopic (exact) mass is 453 g/mol. The summed E-state index contributed by atoms with van der Waals surface area (Å²) in [5.74, 6) is 0.889. The van der Waals surface area contributed by atoms with Crippen LogP contribution in [0.25, 0.3) is 10.2 Å². The molecule has 0 amide bonds. The van der Waals surface area contributed by atoms with E-state index in [0.29, 0.717) is 6.61 Å². The minimum absolute atomic E-state index is 0.416. The lowest BCUT2D eigenvalue weighted by atomic mass is 9.84. The summed E-state index contributed by atoms with van der Waals surface area (Å²) in [5.41, 5.74) is 4.70. The van der Waals surface area contributed by atoms with E-state index in [0.717, 1.165) is 20.3 Å². The Balaban J connectivity index is 1.70. The maximum absolute atomic E-state index is 5.70. The van der Waals surface area contributed by atoms with Crippen molar-refractivity contribution in [2.75, 3.05) is 6.61 Å². The Morgan fingerprint density at radius 1 is 0.750 bits per heavy atom. The summed E-state index contributed by atoms with van der Waals surface area (Å²) in [6, 6.07) is 38.3. The van der Waals surface area contributed by atoms with Crippen molar-refractivity contribution in [2.45, 2.75) is 16.0 Å². The Hall–Kier alpha value is -3.08. The van der Waals surface area contributed by atoms with Gasteiger partial charge in [-0.3, -0.25) is 0 Å². The quantitative estimate of drug-likeness (QED) is 0.185. The summed E-state index contributed by atoms with van der Waals surface area (Å²) >= 11 is 3.53. The van der Waals surface area contributed by atoms with Crippen LogP contribution in [0.4, 0.5) is 0 Å². The molecule has 0 saturated heterocycles. The minimum atomic E-state index is -0.416. The van der Waals surface area contributed by atoms with Crippen molar-refractivity contribution in [3.63, 3.8) is 0 Å². The van der Waals surface area contributed by atoms with E-state index in [1.54, 1.807) is 11.3 Å². The van der Waals surface area contributed by atoms with Crippen molar-refractivity contribution >= 4 is 33.3 Å². The van der Waals surface area contributed by atoms with Crippen molar-refractivity contribution in [1.82, 2.24) is 4.98 Å². The fourth-order valence-corrected chi connectivity index (χ4v) is 6.71. The highest BCUT2D eigenvalue weighted by atomic mass is 32.2. The number of nitrogens with zero attached hydrogens (tertiary/aromatic N) is 1. The summed E-state index contributed by atoms with van der Waals surface area (Å²) in [6.07, 6.45) is 0. The van der Waals surface area contributed by atoms with Gasteiger partial charge in [0.05, 0.1) is 21.6 Å². The molecule has 2 nitrogen and oxygen atoms in total. The highest BCUT2D eigenvalue weighted by Crippen LogP contribution is 2.52. The summed E-state index contributed by atoms with van der Waals surface area (Å²) in [5, 5.41) is 0. The number of hydrogen-bond donors (Lipinski definition) is 0. The molecule has 0 aliphatic rings. The van der Waals surface area contributed by atoms with Gasteiger partial charge in [-0.25, -0.2) is 4.98 Å². The van der Waals surface area contributed by atoms with Gasteiger partial charge in [0.25, 0.3) is 0 Å². The fraction of sp³-hybridized carbons (Fsp3) is 0.107. The molecule has 0 N–H and O–H groups in total. The first kappa shape index (κ1) is 20.8. The molecule has 5 aromatic rings.